The maximum absolute atomic E-state index is 9.13. The lowest BCUT2D eigenvalue weighted by molar-refractivity contribution is 1.16. The quantitative estimate of drug-likeness (QED) is 0.688. The highest BCUT2D eigenvalue weighted by molar-refractivity contribution is 9.10. The van der Waals surface area contributed by atoms with Gasteiger partial charge in [-0.25, -0.2) is 4.98 Å². The molecule has 4 heteroatoms. The molecule has 3 rings (SSSR count). The van der Waals surface area contributed by atoms with Crippen LogP contribution in [0.25, 0.3) is 16.9 Å². The van der Waals surface area contributed by atoms with Gasteiger partial charge in [0.05, 0.1) is 5.52 Å². The molecule has 1 aromatic carbocycles. The third-order valence-electron chi connectivity index (χ3n) is 2.77. The number of halogens is 1. The van der Waals surface area contributed by atoms with Gasteiger partial charge >= 0.3 is 0 Å². The van der Waals surface area contributed by atoms with E-state index in [4.69, 9.17) is 5.26 Å². The molecule has 3 aromatic rings. The Hall–Kier alpha value is -2.12. The van der Waals surface area contributed by atoms with Gasteiger partial charge in [0, 0.05) is 16.2 Å². The maximum atomic E-state index is 9.13. The summed E-state index contributed by atoms with van der Waals surface area (Å²) in [6.07, 6.45) is 1.91. The van der Waals surface area contributed by atoms with Crippen molar-refractivity contribution in [3.8, 4) is 17.5 Å². The minimum Gasteiger partial charge on any atom is -0.298 e. The van der Waals surface area contributed by atoms with Crippen molar-refractivity contribution in [2.75, 3.05) is 0 Å². The second kappa shape index (κ2) is 4.28. The Bertz CT molecular complexity index is 768. The molecule has 0 N–H and O–H groups in total. The van der Waals surface area contributed by atoms with Crippen molar-refractivity contribution in [3.05, 3.63) is 58.8 Å². The maximum Gasteiger partial charge on any atom is 0.166 e. The lowest BCUT2D eigenvalue weighted by Gasteiger charge is -2.02. The monoisotopic (exact) mass is 297 g/mol. The first-order chi connectivity index (χ1) is 8.81. The lowest BCUT2D eigenvalue weighted by atomic mass is 10.2. The number of hydrogen-bond acceptors (Lipinski definition) is 2. The standard InChI is InChI=1S/C14H8BrN3/c15-11-6-2-1-5-10(11)14-17-12(9-16)13-7-3-4-8-18(13)14/h1-8H. The molecule has 0 fully saturated rings. The van der Waals surface area contributed by atoms with Crippen LogP contribution in [-0.4, -0.2) is 9.38 Å². The minimum atomic E-state index is 0.446. The average molecular weight is 298 g/mol. The van der Waals surface area contributed by atoms with E-state index >= 15 is 0 Å². The van der Waals surface area contributed by atoms with Crippen LogP contribution in [0.1, 0.15) is 5.69 Å². The summed E-state index contributed by atoms with van der Waals surface area (Å²) >= 11 is 3.51. The van der Waals surface area contributed by atoms with Crippen molar-refractivity contribution in [1.82, 2.24) is 9.38 Å². The van der Waals surface area contributed by atoms with Crippen molar-refractivity contribution in [2.24, 2.45) is 0 Å². The van der Waals surface area contributed by atoms with E-state index in [0.29, 0.717) is 5.69 Å². The van der Waals surface area contributed by atoms with Crippen LogP contribution in [0.4, 0.5) is 0 Å². The molecule has 0 aliphatic heterocycles. The van der Waals surface area contributed by atoms with Gasteiger partial charge in [-0.05, 0) is 18.2 Å². The van der Waals surface area contributed by atoms with E-state index in [1.54, 1.807) is 0 Å². The molecule has 2 aromatic heterocycles. The number of hydrogen-bond donors (Lipinski definition) is 0. The van der Waals surface area contributed by atoms with Crippen LogP contribution >= 0.6 is 15.9 Å². The summed E-state index contributed by atoms with van der Waals surface area (Å²) in [6.45, 7) is 0. The number of nitrogens with zero attached hydrogens (tertiary/aromatic N) is 3. The summed E-state index contributed by atoms with van der Waals surface area (Å²) in [5.41, 5.74) is 2.24. The lowest BCUT2D eigenvalue weighted by Crippen LogP contribution is -1.89. The molecule has 0 amide bonds. The van der Waals surface area contributed by atoms with E-state index in [2.05, 4.69) is 27.0 Å². The molecule has 0 saturated heterocycles. The van der Waals surface area contributed by atoms with E-state index in [1.165, 1.54) is 0 Å². The molecule has 0 unspecified atom stereocenters. The van der Waals surface area contributed by atoms with Gasteiger partial charge in [-0.15, -0.1) is 0 Å². The van der Waals surface area contributed by atoms with Gasteiger partial charge in [0.2, 0.25) is 0 Å². The first-order valence-electron chi connectivity index (χ1n) is 5.43. The van der Waals surface area contributed by atoms with Gasteiger partial charge in [0.25, 0.3) is 0 Å². The predicted octanol–water partition coefficient (Wildman–Crippen LogP) is 3.64. The summed E-state index contributed by atoms with van der Waals surface area (Å²) in [6, 6.07) is 15.7. The zero-order chi connectivity index (χ0) is 12.5. The third kappa shape index (κ3) is 1.60. The number of aromatic nitrogens is 2. The summed E-state index contributed by atoms with van der Waals surface area (Å²) in [7, 11) is 0. The van der Waals surface area contributed by atoms with Crippen molar-refractivity contribution in [1.29, 1.82) is 5.26 Å². The molecular formula is C14H8BrN3. The molecule has 0 radical (unpaired) electrons. The highest BCUT2D eigenvalue weighted by atomic mass is 79.9. The zero-order valence-electron chi connectivity index (χ0n) is 9.34. The summed E-state index contributed by atoms with van der Waals surface area (Å²) in [5.74, 6) is 0.773. The minimum absolute atomic E-state index is 0.446. The Balaban J connectivity index is 2.38. The van der Waals surface area contributed by atoms with E-state index in [9.17, 15) is 0 Å². The van der Waals surface area contributed by atoms with Crippen molar-refractivity contribution >= 4 is 21.4 Å². The van der Waals surface area contributed by atoms with Gasteiger partial charge in [-0.3, -0.25) is 4.40 Å². The number of nitriles is 1. The molecule has 0 spiro atoms. The molecular weight excluding hydrogens is 290 g/mol. The van der Waals surface area contributed by atoms with Crippen molar-refractivity contribution < 1.29 is 0 Å². The van der Waals surface area contributed by atoms with Crippen LogP contribution < -0.4 is 0 Å². The van der Waals surface area contributed by atoms with Gasteiger partial charge in [-0.1, -0.05) is 40.2 Å². The van der Waals surface area contributed by atoms with Crippen LogP contribution in [0, 0.1) is 11.3 Å². The Morgan fingerprint density at radius 3 is 2.67 bits per heavy atom. The SMILES string of the molecule is N#Cc1nc(-c2ccccc2Br)n2ccccc12. The summed E-state index contributed by atoms with van der Waals surface area (Å²) in [4.78, 5) is 4.41. The number of rotatable bonds is 1. The Morgan fingerprint density at radius 2 is 1.89 bits per heavy atom. The Labute approximate surface area is 112 Å². The van der Waals surface area contributed by atoms with E-state index < -0.39 is 0 Å². The van der Waals surface area contributed by atoms with E-state index in [0.717, 1.165) is 21.4 Å². The molecule has 3 nitrogen and oxygen atoms in total. The second-order valence-corrected chi connectivity index (χ2v) is 4.69. The molecule has 86 valence electrons. The highest BCUT2D eigenvalue weighted by Crippen LogP contribution is 2.28. The van der Waals surface area contributed by atoms with Crippen LogP contribution in [0.15, 0.2) is 53.1 Å². The molecule has 0 aliphatic rings. The van der Waals surface area contributed by atoms with E-state index in [1.807, 2.05) is 53.1 Å². The highest BCUT2D eigenvalue weighted by Gasteiger charge is 2.13. The fraction of sp³-hybridized carbons (Fsp3) is 0. The second-order valence-electron chi connectivity index (χ2n) is 3.83. The van der Waals surface area contributed by atoms with Gasteiger partial charge in [-0.2, -0.15) is 5.26 Å². The zero-order valence-corrected chi connectivity index (χ0v) is 10.9. The molecule has 18 heavy (non-hydrogen) atoms. The molecule has 0 atom stereocenters. The number of fused-ring (bicyclic) bond motifs is 1. The largest absolute Gasteiger partial charge is 0.298 e. The normalized spacial score (nSPS) is 10.4. The van der Waals surface area contributed by atoms with Crippen LogP contribution in [0.5, 0.6) is 0 Å². The molecule has 0 bridgehead atoms. The smallest absolute Gasteiger partial charge is 0.166 e. The van der Waals surface area contributed by atoms with Gasteiger partial charge < -0.3 is 0 Å². The number of benzene rings is 1. The molecule has 0 saturated carbocycles. The number of pyridine rings is 1. The molecule has 2 heterocycles. The third-order valence-corrected chi connectivity index (χ3v) is 3.46. The first-order valence-corrected chi connectivity index (χ1v) is 6.22. The Kier molecular flexibility index (Phi) is 2.62. The van der Waals surface area contributed by atoms with Gasteiger partial charge in [0.1, 0.15) is 11.9 Å². The fourth-order valence-corrected chi connectivity index (χ4v) is 2.41. The molecule has 0 aliphatic carbocycles. The Morgan fingerprint density at radius 1 is 1.11 bits per heavy atom. The summed E-state index contributed by atoms with van der Waals surface area (Å²) < 4.78 is 2.89. The van der Waals surface area contributed by atoms with E-state index in [-0.39, 0.29) is 0 Å². The predicted molar refractivity (Wildman–Crippen MR) is 73.0 cm³/mol. The van der Waals surface area contributed by atoms with Crippen LogP contribution in [0.3, 0.4) is 0 Å². The topological polar surface area (TPSA) is 41.1 Å². The first kappa shape index (κ1) is 11.0. The number of imidazole rings is 1. The van der Waals surface area contributed by atoms with Gasteiger partial charge in [0.15, 0.2) is 5.69 Å². The average Bonchev–Trinajstić information content (AvgIpc) is 2.78. The van der Waals surface area contributed by atoms with Crippen molar-refractivity contribution in [3.63, 3.8) is 0 Å². The summed E-state index contributed by atoms with van der Waals surface area (Å²) in [5, 5.41) is 9.13. The van der Waals surface area contributed by atoms with Crippen molar-refractivity contribution in [2.45, 2.75) is 0 Å². The van der Waals surface area contributed by atoms with Crippen LogP contribution in [0.2, 0.25) is 0 Å². The fourth-order valence-electron chi connectivity index (χ4n) is 1.95. The van der Waals surface area contributed by atoms with Crippen LogP contribution in [-0.2, 0) is 0 Å².